The molecule has 0 amide bonds. The third-order valence-electron chi connectivity index (χ3n) is 4.20. The van der Waals surface area contributed by atoms with Gasteiger partial charge >= 0.3 is 0 Å². The molecule has 0 bridgehead atoms. The molecule has 0 radical (unpaired) electrons. The number of rotatable bonds is 1. The monoisotopic (exact) mass is 181 g/mol. The molecule has 2 rings (SSSR count). The van der Waals surface area contributed by atoms with Gasteiger partial charge in [0.25, 0.3) is 0 Å². The highest BCUT2D eigenvalue weighted by Gasteiger charge is 2.26. The minimum absolute atomic E-state index is 0.0921. The molecular weight excluding hydrogens is 156 g/mol. The van der Waals surface area contributed by atoms with E-state index in [9.17, 15) is 0 Å². The predicted octanol–water partition coefficient (Wildman–Crippen LogP) is 4.39. The lowest BCUT2D eigenvalue weighted by Crippen LogP contribution is -2.22. The maximum Gasteiger partial charge on any atom is 0.0300 e. The van der Waals surface area contributed by atoms with E-state index in [0.29, 0.717) is 0 Å². The standard InChI is InChI=1S/C13H24/c1-11-7-9-13(10-8-11)12-5-3-2-4-6-12/h11-13H,2-10H2,1H3/i11D. The Morgan fingerprint density at radius 3 is 1.92 bits per heavy atom. The van der Waals surface area contributed by atoms with Crippen LogP contribution < -0.4 is 0 Å². The summed E-state index contributed by atoms with van der Waals surface area (Å²) in [6.45, 7) is 2.12. The normalized spacial score (nSPS) is 44.4. The Bertz CT molecular complexity index is 170. The third-order valence-corrected chi connectivity index (χ3v) is 4.20. The van der Waals surface area contributed by atoms with E-state index < -0.39 is 0 Å². The van der Waals surface area contributed by atoms with Gasteiger partial charge in [-0.3, -0.25) is 0 Å². The first-order valence-corrected chi connectivity index (χ1v) is 6.17. The van der Waals surface area contributed by atoms with Crippen molar-refractivity contribution in [3.8, 4) is 0 Å². The molecule has 0 unspecified atom stereocenters. The van der Waals surface area contributed by atoms with Crippen LogP contribution in [0.2, 0.25) is 0 Å². The first kappa shape index (κ1) is 8.32. The topological polar surface area (TPSA) is 0 Å². The van der Waals surface area contributed by atoms with E-state index in [2.05, 4.69) is 6.92 Å². The van der Waals surface area contributed by atoms with Gasteiger partial charge in [0.05, 0.1) is 0 Å². The smallest absolute Gasteiger partial charge is 0.0300 e. The van der Waals surface area contributed by atoms with Crippen LogP contribution in [0.4, 0.5) is 0 Å². The van der Waals surface area contributed by atoms with Crippen molar-refractivity contribution < 1.29 is 1.37 Å². The fraction of sp³-hybridized carbons (Fsp3) is 1.00. The molecule has 2 fully saturated rings. The van der Waals surface area contributed by atoms with Gasteiger partial charge in [0.1, 0.15) is 0 Å². The molecule has 0 N–H and O–H groups in total. The SMILES string of the molecule is [2H]C1(C)CCC(C2CCCCC2)CC1. The maximum atomic E-state index is 8.03. The van der Waals surface area contributed by atoms with Gasteiger partial charge in [0.15, 0.2) is 0 Å². The Morgan fingerprint density at radius 1 is 0.769 bits per heavy atom. The quantitative estimate of drug-likeness (QED) is 0.562. The largest absolute Gasteiger partial charge is 0.0625 e. The fourth-order valence-electron chi connectivity index (χ4n) is 3.21. The summed E-state index contributed by atoms with van der Waals surface area (Å²) in [7, 11) is 0. The molecule has 0 heteroatoms. The Labute approximate surface area is 84.5 Å². The van der Waals surface area contributed by atoms with E-state index in [1.807, 2.05) is 0 Å². The molecule has 76 valence electrons. The molecule has 2 saturated carbocycles. The van der Waals surface area contributed by atoms with Gasteiger partial charge < -0.3 is 0 Å². The van der Waals surface area contributed by atoms with Crippen molar-refractivity contribution >= 4 is 0 Å². The van der Waals surface area contributed by atoms with Crippen LogP contribution in [0.1, 0.15) is 66.1 Å². The van der Waals surface area contributed by atoms with E-state index in [1.54, 1.807) is 0 Å². The van der Waals surface area contributed by atoms with Gasteiger partial charge in [-0.1, -0.05) is 51.9 Å². The molecule has 0 spiro atoms. The van der Waals surface area contributed by atoms with Crippen molar-refractivity contribution in [2.45, 2.75) is 64.7 Å². The first-order valence-electron chi connectivity index (χ1n) is 6.67. The molecule has 0 aromatic carbocycles. The molecular formula is C13H24. The average Bonchev–Trinajstić information content (AvgIpc) is 2.19. The van der Waals surface area contributed by atoms with E-state index in [1.165, 1.54) is 44.9 Å². The highest BCUT2D eigenvalue weighted by atomic mass is 14.3. The average molecular weight is 181 g/mol. The second-order valence-electron chi connectivity index (χ2n) is 5.19. The van der Waals surface area contributed by atoms with Gasteiger partial charge in [-0.2, -0.15) is 0 Å². The molecule has 0 heterocycles. The number of hydrogen-bond acceptors (Lipinski definition) is 0. The highest BCUT2D eigenvalue weighted by molar-refractivity contribution is 4.78. The Balaban J connectivity index is 1.82. The minimum atomic E-state index is -0.0921. The Hall–Kier alpha value is 0. The van der Waals surface area contributed by atoms with Crippen LogP contribution >= 0.6 is 0 Å². The summed E-state index contributed by atoms with van der Waals surface area (Å²) in [4.78, 5) is 0. The summed E-state index contributed by atoms with van der Waals surface area (Å²) in [5.74, 6) is 1.92. The van der Waals surface area contributed by atoms with Gasteiger partial charge in [0.2, 0.25) is 0 Å². The molecule has 0 saturated heterocycles. The van der Waals surface area contributed by atoms with Crippen molar-refractivity contribution in [2.24, 2.45) is 17.7 Å². The Morgan fingerprint density at radius 2 is 1.31 bits per heavy atom. The van der Waals surface area contributed by atoms with Crippen molar-refractivity contribution in [2.75, 3.05) is 0 Å². The Kier molecular flexibility index (Phi) is 2.87. The molecule has 0 nitrogen and oxygen atoms in total. The summed E-state index contributed by atoms with van der Waals surface area (Å²) < 4.78 is 8.03. The summed E-state index contributed by atoms with van der Waals surface area (Å²) in [5, 5.41) is 0. The molecule has 2 aliphatic rings. The lowest BCUT2D eigenvalue weighted by Gasteiger charge is -2.34. The van der Waals surface area contributed by atoms with Gasteiger partial charge in [-0.15, -0.1) is 0 Å². The lowest BCUT2D eigenvalue weighted by atomic mass is 9.71. The van der Waals surface area contributed by atoms with Crippen molar-refractivity contribution in [3.63, 3.8) is 0 Å². The zero-order valence-corrected chi connectivity index (χ0v) is 9.02. The van der Waals surface area contributed by atoms with E-state index in [0.717, 1.165) is 24.7 Å². The summed E-state index contributed by atoms with van der Waals surface area (Å²) >= 11 is 0. The summed E-state index contributed by atoms with van der Waals surface area (Å²) in [6, 6.07) is 0. The number of hydrogen-bond donors (Lipinski definition) is 0. The second kappa shape index (κ2) is 4.48. The van der Waals surface area contributed by atoms with Gasteiger partial charge in [-0.25, -0.2) is 0 Å². The maximum absolute atomic E-state index is 8.03. The van der Waals surface area contributed by atoms with E-state index in [-0.39, 0.29) is 5.89 Å². The highest BCUT2D eigenvalue weighted by Crippen LogP contribution is 2.39. The van der Waals surface area contributed by atoms with Crippen LogP contribution in [0.15, 0.2) is 0 Å². The molecule has 13 heavy (non-hydrogen) atoms. The van der Waals surface area contributed by atoms with Gasteiger partial charge in [0, 0.05) is 1.37 Å². The zero-order chi connectivity index (χ0) is 10.0. The minimum Gasteiger partial charge on any atom is -0.0625 e. The van der Waals surface area contributed by atoms with Crippen LogP contribution in [-0.4, -0.2) is 0 Å². The van der Waals surface area contributed by atoms with Crippen molar-refractivity contribution in [1.29, 1.82) is 0 Å². The van der Waals surface area contributed by atoms with Crippen LogP contribution in [0.3, 0.4) is 0 Å². The van der Waals surface area contributed by atoms with Crippen LogP contribution in [-0.2, 0) is 0 Å². The van der Waals surface area contributed by atoms with E-state index >= 15 is 0 Å². The van der Waals surface area contributed by atoms with E-state index in [4.69, 9.17) is 1.37 Å². The molecule has 0 aromatic rings. The summed E-state index contributed by atoms with van der Waals surface area (Å²) in [5.41, 5.74) is 0. The van der Waals surface area contributed by atoms with Crippen molar-refractivity contribution in [1.82, 2.24) is 0 Å². The first-order chi connectivity index (χ1) is 6.67. The summed E-state index contributed by atoms with van der Waals surface area (Å²) in [6.07, 6.45) is 12.4. The molecule has 0 aliphatic heterocycles. The molecule has 0 atom stereocenters. The fourth-order valence-corrected chi connectivity index (χ4v) is 3.21. The van der Waals surface area contributed by atoms with Crippen LogP contribution in [0.25, 0.3) is 0 Å². The molecule has 2 aliphatic carbocycles. The van der Waals surface area contributed by atoms with Crippen molar-refractivity contribution in [3.05, 3.63) is 0 Å². The van der Waals surface area contributed by atoms with Gasteiger partial charge in [-0.05, 0) is 30.6 Å². The third kappa shape index (κ3) is 2.48. The predicted molar refractivity (Wildman–Crippen MR) is 57.7 cm³/mol. The second-order valence-corrected chi connectivity index (χ2v) is 5.19. The van der Waals surface area contributed by atoms with Crippen LogP contribution in [0.5, 0.6) is 0 Å². The van der Waals surface area contributed by atoms with Crippen LogP contribution in [0, 0.1) is 17.7 Å². The zero-order valence-electron chi connectivity index (χ0n) is 10.0. The lowest BCUT2D eigenvalue weighted by molar-refractivity contribution is 0.173. The molecule has 0 aromatic heterocycles.